The quantitative estimate of drug-likeness (QED) is 0.676. The van der Waals surface area contributed by atoms with Crippen LogP contribution in [-0.4, -0.2) is 43.6 Å². The summed E-state index contributed by atoms with van der Waals surface area (Å²) in [7, 11) is -3.99. The maximum atomic E-state index is 13.2. The van der Waals surface area contributed by atoms with Gasteiger partial charge in [0.15, 0.2) is 5.65 Å². The van der Waals surface area contributed by atoms with Crippen LogP contribution in [0.3, 0.4) is 0 Å². The molecule has 0 spiro atoms. The van der Waals surface area contributed by atoms with Gasteiger partial charge in [-0.2, -0.15) is 23.3 Å². The Hall–Kier alpha value is -2.40. The van der Waals surface area contributed by atoms with E-state index in [2.05, 4.69) is 15.2 Å². The molecule has 1 saturated heterocycles. The molecule has 1 fully saturated rings. The summed E-state index contributed by atoms with van der Waals surface area (Å²) >= 11 is 0. The van der Waals surface area contributed by atoms with Crippen molar-refractivity contribution in [3.05, 3.63) is 41.6 Å². The molecule has 27 heavy (non-hydrogen) atoms. The summed E-state index contributed by atoms with van der Waals surface area (Å²) in [6, 6.07) is 3.11. The van der Waals surface area contributed by atoms with Gasteiger partial charge in [0, 0.05) is 18.8 Å². The third-order valence-corrected chi connectivity index (χ3v) is 6.84. The number of rotatable bonds is 4. The number of halogens is 2. The first-order chi connectivity index (χ1) is 12.8. The van der Waals surface area contributed by atoms with Crippen LogP contribution in [0.25, 0.3) is 5.65 Å². The van der Waals surface area contributed by atoms with E-state index in [0.29, 0.717) is 35.4 Å². The zero-order valence-electron chi connectivity index (χ0n) is 14.7. The van der Waals surface area contributed by atoms with Gasteiger partial charge in [-0.3, -0.25) is 0 Å². The van der Waals surface area contributed by atoms with Crippen LogP contribution in [0, 0.1) is 13.8 Å². The van der Waals surface area contributed by atoms with E-state index in [0.717, 1.165) is 11.9 Å². The minimum atomic E-state index is -3.99. The van der Waals surface area contributed by atoms with Crippen molar-refractivity contribution >= 4 is 15.7 Å². The average molecular weight is 396 g/mol. The summed E-state index contributed by atoms with van der Waals surface area (Å²) in [5, 5.41) is 7.95. The van der Waals surface area contributed by atoms with E-state index in [1.807, 2.05) is 13.0 Å². The summed E-state index contributed by atoms with van der Waals surface area (Å²) in [5.41, 5.74) is 2.03. The van der Waals surface area contributed by atoms with Gasteiger partial charge in [-0.1, -0.05) is 0 Å². The predicted molar refractivity (Wildman–Crippen MR) is 91.8 cm³/mol. The molecular weight excluding hydrogens is 378 g/mol. The molecule has 1 aliphatic heterocycles. The van der Waals surface area contributed by atoms with Crippen LogP contribution in [-0.2, 0) is 10.0 Å². The van der Waals surface area contributed by atoms with E-state index in [9.17, 15) is 17.2 Å². The first-order valence-corrected chi connectivity index (χ1v) is 9.90. The van der Waals surface area contributed by atoms with E-state index in [4.69, 9.17) is 0 Å². The van der Waals surface area contributed by atoms with Crippen molar-refractivity contribution in [3.8, 4) is 0 Å². The Morgan fingerprint density at radius 3 is 2.78 bits per heavy atom. The van der Waals surface area contributed by atoms with E-state index in [1.54, 1.807) is 16.8 Å². The van der Waals surface area contributed by atoms with Gasteiger partial charge in [0.1, 0.15) is 4.90 Å². The number of sulfonamides is 1. The maximum Gasteiger partial charge on any atom is 0.333 e. The van der Waals surface area contributed by atoms with E-state index in [1.165, 1.54) is 11.2 Å². The van der Waals surface area contributed by atoms with Gasteiger partial charge in [-0.15, -0.1) is 0 Å². The molecule has 0 unspecified atom stereocenters. The van der Waals surface area contributed by atoms with Crippen molar-refractivity contribution in [3.63, 3.8) is 0 Å². The van der Waals surface area contributed by atoms with Gasteiger partial charge in [-0.25, -0.2) is 22.6 Å². The van der Waals surface area contributed by atoms with Gasteiger partial charge in [0.05, 0.1) is 29.3 Å². The van der Waals surface area contributed by atoms with Gasteiger partial charge in [0.25, 0.3) is 0 Å². The fourth-order valence-electron chi connectivity index (χ4n) is 3.59. The lowest BCUT2D eigenvalue weighted by atomic mass is 10.1. The number of aromatic nitrogens is 5. The lowest BCUT2D eigenvalue weighted by Crippen LogP contribution is -2.32. The molecule has 144 valence electrons. The second-order valence-corrected chi connectivity index (χ2v) is 8.37. The molecule has 0 N–H and O–H groups in total. The van der Waals surface area contributed by atoms with Crippen LogP contribution < -0.4 is 0 Å². The van der Waals surface area contributed by atoms with Gasteiger partial charge in [-0.05, 0) is 32.8 Å². The number of hydrogen-bond donors (Lipinski definition) is 0. The summed E-state index contributed by atoms with van der Waals surface area (Å²) in [6.45, 7) is 0.578. The lowest BCUT2D eigenvalue weighted by molar-refractivity contribution is 0.0541. The Morgan fingerprint density at radius 1 is 1.30 bits per heavy atom. The Kier molecular flexibility index (Phi) is 4.22. The number of hydrogen-bond acceptors (Lipinski definition) is 5. The minimum absolute atomic E-state index is 0.0783. The van der Waals surface area contributed by atoms with Gasteiger partial charge < -0.3 is 0 Å². The zero-order valence-corrected chi connectivity index (χ0v) is 15.6. The zero-order chi connectivity index (χ0) is 19.3. The molecule has 0 radical (unpaired) electrons. The Bertz CT molecular complexity index is 1110. The minimum Gasteiger partial charge on any atom is -0.237 e. The van der Waals surface area contributed by atoms with E-state index in [-0.39, 0.29) is 10.6 Å². The summed E-state index contributed by atoms with van der Waals surface area (Å²) < 4.78 is 55.8. The first kappa shape index (κ1) is 18.0. The molecule has 0 saturated carbocycles. The highest BCUT2D eigenvalue weighted by atomic mass is 32.2. The van der Waals surface area contributed by atoms with Crippen molar-refractivity contribution in [2.45, 2.75) is 44.2 Å². The van der Waals surface area contributed by atoms with Gasteiger partial charge >= 0.3 is 6.55 Å². The fourth-order valence-corrected chi connectivity index (χ4v) is 5.41. The van der Waals surface area contributed by atoms with Crippen molar-refractivity contribution in [2.24, 2.45) is 0 Å². The molecule has 4 heterocycles. The molecule has 11 heteroatoms. The molecule has 8 nitrogen and oxygen atoms in total. The predicted octanol–water partition coefficient (Wildman–Crippen LogP) is 2.46. The normalized spacial score (nSPS) is 18.8. The van der Waals surface area contributed by atoms with Crippen LogP contribution >= 0.6 is 0 Å². The smallest absolute Gasteiger partial charge is 0.237 e. The van der Waals surface area contributed by atoms with Gasteiger partial charge in [0.2, 0.25) is 10.0 Å². The molecule has 1 aliphatic rings. The molecule has 4 rings (SSSR count). The van der Waals surface area contributed by atoms with Crippen LogP contribution in [0.2, 0.25) is 0 Å². The van der Waals surface area contributed by atoms with Crippen molar-refractivity contribution < 1.29 is 17.2 Å². The van der Waals surface area contributed by atoms with E-state index < -0.39 is 22.6 Å². The third kappa shape index (κ3) is 2.81. The molecule has 1 atom stereocenters. The summed E-state index contributed by atoms with van der Waals surface area (Å²) in [4.78, 5) is 4.05. The maximum absolute atomic E-state index is 13.2. The largest absolute Gasteiger partial charge is 0.333 e. The molecule has 0 amide bonds. The highest BCUT2D eigenvalue weighted by Crippen LogP contribution is 2.37. The second kappa shape index (κ2) is 6.34. The Morgan fingerprint density at radius 2 is 2.07 bits per heavy atom. The molecule has 3 aromatic heterocycles. The van der Waals surface area contributed by atoms with Crippen LogP contribution in [0.4, 0.5) is 8.78 Å². The number of nitrogens with zero attached hydrogens (tertiary/aromatic N) is 6. The molecular formula is C16H18F2N6O2S. The highest BCUT2D eigenvalue weighted by molar-refractivity contribution is 7.89. The first-order valence-electron chi connectivity index (χ1n) is 8.46. The van der Waals surface area contributed by atoms with Crippen molar-refractivity contribution in [2.75, 3.05) is 6.54 Å². The second-order valence-electron chi connectivity index (χ2n) is 6.52. The Balaban J connectivity index is 1.79. The average Bonchev–Trinajstić information content (AvgIpc) is 3.30. The molecule has 0 bridgehead atoms. The van der Waals surface area contributed by atoms with Crippen LogP contribution in [0.1, 0.15) is 42.5 Å². The molecule has 0 aliphatic carbocycles. The van der Waals surface area contributed by atoms with E-state index >= 15 is 0 Å². The number of aryl methyl sites for hydroxylation is 1. The molecule has 0 aromatic carbocycles. The number of alkyl halides is 2. The Labute approximate surface area is 154 Å². The third-order valence-electron chi connectivity index (χ3n) is 4.83. The van der Waals surface area contributed by atoms with Crippen LogP contribution in [0.5, 0.6) is 0 Å². The van der Waals surface area contributed by atoms with Crippen molar-refractivity contribution in [1.82, 2.24) is 28.7 Å². The summed E-state index contributed by atoms with van der Waals surface area (Å²) in [5.74, 6) is 0. The topological polar surface area (TPSA) is 85.4 Å². The number of fused-ring (bicyclic) bond motifs is 1. The monoisotopic (exact) mass is 396 g/mol. The lowest BCUT2D eigenvalue weighted by Gasteiger charge is -2.24. The fraction of sp³-hybridized carbons (Fsp3) is 0.438. The SMILES string of the molecule is Cc1cc2nccc([C@H]3CCCN3S(=O)(=O)c3cnn(C(F)F)c3C)n2n1. The highest BCUT2D eigenvalue weighted by Gasteiger charge is 2.39. The standard InChI is InChI=1S/C16H18F2N6O2S/c1-10-8-15-19-6-5-13(24(15)21-10)12-4-3-7-22(12)27(25,26)14-9-20-23(11(14)2)16(17)18/h5-6,8-9,12,16H,3-4,7H2,1-2H3/t12-/m1/s1. The van der Waals surface area contributed by atoms with Crippen molar-refractivity contribution in [1.29, 1.82) is 0 Å². The van der Waals surface area contributed by atoms with Crippen LogP contribution in [0.15, 0.2) is 29.4 Å². The molecule has 3 aromatic rings. The summed E-state index contributed by atoms with van der Waals surface area (Å²) in [6.07, 6.45) is 3.89.